The number of nitrogens with zero attached hydrogens (tertiary/aromatic N) is 2. The van der Waals surface area contributed by atoms with Crippen LogP contribution in [0.25, 0.3) is 11.3 Å². The molecule has 2 aromatic carbocycles. The number of rotatable bonds is 7. The Hall–Kier alpha value is -3.33. The highest BCUT2D eigenvalue weighted by Crippen LogP contribution is 2.32. The van der Waals surface area contributed by atoms with Crippen molar-refractivity contribution >= 4 is 16.2 Å². The molecule has 3 aromatic rings. The molecule has 0 aliphatic rings. The zero-order chi connectivity index (χ0) is 20.1. The average molecular weight is 400 g/mol. The van der Waals surface area contributed by atoms with E-state index in [1.807, 2.05) is 13.0 Å². The zero-order valence-corrected chi connectivity index (χ0v) is 16.4. The lowest BCUT2D eigenvalue weighted by molar-refractivity contribution is 0.355. The molecule has 0 bridgehead atoms. The first-order valence-corrected chi connectivity index (χ1v) is 9.80. The monoisotopic (exact) mass is 400 g/mol. The van der Waals surface area contributed by atoms with Crippen molar-refractivity contribution in [2.45, 2.75) is 11.8 Å². The highest BCUT2D eigenvalue weighted by molar-refractivity contribution is 7.89. The Morgan fingerprint density at radius 3 is 2.46 bits per heavy atom. The summed E-state index contributed by atoms with van der Waals surface area (Å²) in [7, 11) is -0.629. The molecule has 9 heteroatoms. The number of H-pyrrole nitrogens is 1. The van der Waals surface area contributed by atoms with Gasteiger partial charge in [-0.3, -0.25) is 5.10 Å². The van der Waals surface area contributed by atoms with E-state index in [1.54, 1.807) is 44.7 Å². The molecule has 0 aliphatic carbocycles. The third kappa shape index (κ3) is 4.15. The summed E-state index contributed by atoms with van der Waals surface area (Å²) < 4.78 is 35.2. The van der Waals surface area contributed by atoms with E-state index in [0.29, 0.717) is 22.8 Å². The molecule has 0 fully saturated rings. The van der Waals surface area contributed by atoms with Gasteiger partial charge >= 0.3 is 0 Å². The van der Waals surface area contributed by atoms with Crippen LogP contribution in [0.5, 0.6) is 11.5 Å². The number of methoxy groups -OCH3 is 2. The van der Waals surface area contributed by atoms with Gasteiger partial charge in [-0.05, 0) is 37.3 Å². The van der Waals surface area contributed by atoms with Gasteiger partial charge in [0.2, 0.25) is 0 Å². The van der Waals surface area contributed by atoms with E-state index in [9.17, 15) is 8.42 Å². The summed E-state index contributed by atoms with van der Waals surface area (Å²) in [4.78, 5) is 2.35. The van der Waals surface area contributed by atoms with Gasteiger partial charge in [0.15, 0.2) is 11.5 Å². The number of sulfonamides is 1. The van der Waals surface area contributed by atoms with E-state index in [-0.39, 0.29) is 4.90 Å². The van der Waals surface area contributed by atoms with Crippen molar-refractivity contribution in [1.82, 2.24) is 15.0 Å². The number of aromatic amines is 1. The van der Waals surface area contributed by atoms with Gasteiger partial charge in [0.1, 0.15) is 0 Å². The molecule has 0 saturated heterocycles. The van der Waals surface area contributed by atoms with Crippen LogP contribution in [-0.2, 0) is 10.0 Å². The largest absolute Gasteiger partial charge is 0.493 e. The van der Waals surface area contributed by atoms with Crippen LogP contribution in [-0.4, -0.2) is 39.0 Å². The van der Waals surface area contributed by atoms with Crippen molar-refractivity contribution in [1.29, 1.82) is 0 Å². The third-order valence-electron chi connectivity index (χ3n) is 4.05. The highest BCUT2D eigenvalue weighted by atomic mass is 32.2. The summed E-state index contributed by atoms with van der Waals surface area (Å²) in [5, 5.41) is 10.8. The number of aryl methyl sites for hydroxylation is 1. The Balaban J connectivity index is 1.82. The van der Waals surface area contributed by atoms with Crippen LogP contribution in [0.3, 0.4) is 0 Å². The first-order chi connectivity index (χ1) is 13.4. The lowest BCUT2D eigenvalue weighted by Crippen LogP contribution is -2.18. The third-order valence-corrected chi connectivity index (χ3v) is 5.29. The molecule has 0 saturated carbocycles. The fourth-order valence-electron chi connectivity index (χ4n) is 2.55. The number of hydrazone groups is 1. The summed E-state index contributed by atoms with van der Waals surface area (Å²) in [6.45, 7) is 1.89. The first-order valence-electron chi connectivity index (χ1n) is 8.32. The minimum absolute atomic E-state index is 0.141. The molecule has 3 rings (SSSR count). The number of benzene rings is 2. The summed E-state index contributed by atoms with van der Waals surface area (Å²) in [5.74, 6) is 1.17. The predicted molar refractivity (Wildman–Crippen MR) is 106 cm³/mol. The quantitative estimate of drug-likeness (QED) is 0.469. The second-order valence-electron chi connectivity index (χ2n) is 5.94. The Kier molecular flexibility index (Phi) is 5.65. The maximum Gasteiger partial charge on any atom is 0.276 e. The first kappa shape index (κ1) is 19.4. The summed E-state index contributed by atoms with van der Waals surface area (Å²) in [6.07, 6.45) is 2.94. The standard InChI is InChI=1S/C19H20N4O4S/c1-13-4-7-16(8-5-13)28(24,25)23-21-12-15-11-20-22-19(15)14-6-9-17(26-2)18(10-14)27-3/h4-12,23H,1-3H3,(H,20,22). The topological polar surface area (TPSA) is 106 Å². The van der Waals surface area contributed by atoms with Gasteiger partial charge in [-0.2, -0.15) is 18.6 Å². The van der Waals surface area contributed by atoms with Crippen molar-refractivity contribution in [2.75, 3.05) is 14.2 Å². The SMILES string of the molecule is COc1ccc(-c2[nH]ncc2C=NNS(=O)(=O)c2ccc(C)cc2)cc1OC. The molecule has 0 spiro atoms. The van der Waals surface area contributed by atoms with E-state index in [1.165, 1.54) is 18.3 Å². The average Bonchev–Trinajstić information content (AvgIpc) is 3.16. The molecule has 28 heavy (non-hydrogen) atoms. The molecule has 0 amide bonds. The maximum atomic E-state index is 12.3. The van der Waals surface area contributed by atoms with Crippen LogP contribution in [0.2, 0.25) is 0 Å². The Bertz CT molecular complexity index is 1090. The molecule has 0 unspecified atom stereocenters. The Morgan fingerprint density at radius 2 is 1.79 bits per heavy atom. The molecule has 2 N–H and O–H groups in total. The normalized spacial score (nSPS) is 11.5. The van der Waals surface area contributed by atoms with Gasteiger partial charge in [-0.25, -0.2) is 4.83 Å². The summed E-state index contributed by atoms with van der Waals surface area (Å²) in [5.41, 5.74) is 3.04. The lowest BCUT2D eigenvalue weighted by atomic mass is 10.1. The van der Waals surface area contributed by atoms with Crippen molar-refractivity contribution in [3.8, 4) is 22.8 Å². The molecular weight excluding hydrogens is 380 g/mol. The minimum Gasteiger partial charge on any atom is -0.493 e. The van der Waals surface area contributed by atoms with Crippen molar-refractivity contribution in [3.63, 3.8) is 0 Å². The van der Waals surface area contributed by atoms with E-state index in [0.717, 1.165) is 11.1 Å². The number of ether oxygens (including phenoxy) is 2. The Labute approximate surface area is 163 Å². The van der Waals surface area contributed by atoms with Gasteiger partial charge in [0.25, 0.3) is 10.0 Å². The molecule has 146 valence electrons. The second-order valence-corrected chi connectivity index (χ2v) is 7.60. The van der Waals surface area contributed by atoms with E-state index < -0.39 is 10.0 Å². The van der Waals surface area contributed by atoms with Crippen molar-refractivity contribution in [3.05, 3.63) is 59.8 Å². The fourth-order valence-corrected chi connectivity index (χ4v) is 3.34. The molecule has 1 aromatic heterocycles. The smallest absolute Gasteiger partial charge is 0.276 e. The van der Waals surface area contributed by atoms with Gasteiger partial charge in [-0.1, -0.05) is 17.7 Å². The van der Waals surface area contributed by atoms with Crippen LogP contribution in [0.15, 0.2) is 58.7 Å². The van der Waals surface area contributed by atoms with Gasteiger partial charge in [-0.15, -0.1) is 0 Å². The number of hydrogen-bond acceptors (Lipinski definition) is 6. The zero-order valence-electron chi connectivity index (χ0n) is 15.6. The molecule has 8 nitrogen and oxygen atoms in total. The second kappa shape index (κ2) is 8.13. The number of hydrogen-bond donors (Lipinski definition) is 2. The van der Waals surface area contributed by atoms with Crippen LogP contribution in [0, 0.1) is 6.92 Å². The molecule has 0 aliphatic heterocycles. The van der Waals surface area contributed by atoms with Crippen LogP contribution in [0.1, 0.15) is 11.1 Å². The van der Waals surface area contributed by atoms with Crippen molar-refractivity contribution < 1.29 is 17.9 Å². The molecule has 0 radical (unpaired) electrons. The summed E-state index contributed by atoms with van der Waals surface area (Å²) >= 11 is 0. The van der Waals surface area contributed by atoms with Gasteiger partial charge in [0, 0.05) is 11.1 Å². The summed E-state index contributed by atoms with van der Waals surface area (Å²) in [6, 6.07) is 11.9. The van der Waals surface area contributed by atoms with Gasteiger partial charge in [0.05, 0.1) is 37.2 Å². The minimum atomic E-state index is -3.74. The fraction of sp³-hybridized carbons (Fsp3) is 0.158. The molecule has 1 heterocycles. The Morgan fingerprint density at radius 1 is 1.07 bits per heavy atom. The molecular formula is C19H20N4O4S. The van der Waals surface area contributed by atoms with Crippen molar-refractivity contribution in [2.24, 2.45) is 5.10 Å². The number of aromatic nitrogens is 2. The lowest BCUT2D eigenvalue weighted by Gasteiger charge is -2.09. The van der Waals surface area contributed by atoms with E-state index in [2.05, 4.69) is 20.1 Å². The van der Waals surface area contributed by atoms with Crippen LogP contribution < -0.4 is 14.3 Å². The predicted octanol–water partition coefficient (Wildman–Crippen LogP) is 2.71. The number of nitrogens with one attached hydrogen (secondary N) is 2. The van der Waals surface area contributed by atoms with E-state index in [4.69, 9.17) is 9.47 Å². The molecule has 0 atom stereocenters. The highest BCUT2D eigenvalue weighted by Gasteiger charge is 2.13. The van der Waals surface area contributed by atoms with Crippen LogP contribution in [0.4, 0.5) is 0 Å². The maximum absolute atomic E-state index is 12.3. The van der Waals surface area contributed by atoms with E-state index >= 15 is 0 Å². The van der Waals surface area contributed by atoms with Gasteiger partial charge < -0.3 is 9.47 Å². The van der Waals surface area contributed by atoms with Crippen LogP contribution >= 0.6 is 0 Å².